The van der Waals surface area contributed by atoms with Crippen LogP contribution in [0.4, 0.5) is 10.7 Å². The predicted octanol–water partition coefficient (Wildman–Crippen LogP) is 0.916. The molecule has 118 valence electrons. The van der Waals surface area contributed by atoms with Crippen LogP contribution in [0.1, 0.15) is 6.92 Å². The van der Waals surface area contributed by atoms with Crippen molar-refractivity contribution in [2.45, 2.75) is 13.0 Å². The summed E-state index contributed by atoms with van der Waals surface area (Å²) in [6.07, 6.45) is 5.13. The van der Waals surface area contributed by atoms with Gasteiger partial charge in [-0.1, -0.05) is 5.92 Å². The van der Waals surface area contributed by atoms with Gasteiger partial charge in [0.05, 0.1) is 17.5 Å². The van der Waals surface area contributed by atoms with Crippen LogP contribution in [0.15, 0.2) is 11.4 Å². The minimum atomic E-state index is -0.353. The van der Waals surface area contributed by atoms with Crippen LogP contribution < -0.4 is 10.2 Å². The molecule has 2 heterocycles. The van der Waals surface area contributed by atoms with Crippen molar-refractivity contribution in [1.29, 1.82) is 0 Å². The van der Waals surface area contributed by atoms with Crippen LogP contribution in [0.3, 0.4) is 0 Å². The fourth-order valence-electron chi connectivity index (χ4n) is 2.43. The summed E-state index contributed by atoms with van der Waals surface area (Å²) in [5.74, 6) is 2.29. The van der Waals surface area contributed by atoms with Crippen molar-refractivity contribution in [1.82, 2.24) is 10.2 Å². The molecule has 0 aromatic carbocycles. The Morgan fingerprint density at radius 2 is 2.23 bits per heavy atom. The van der Waals surface area contributed by atoms with Gasteiger partial charge in [0.15, 0.2) is 5.00 Å². The highest BCUT2D eigenvalue weighted by molar-refractivity contribution is 7.14. The maximum absolute atomic E-state index is 11.9. The summed E-state index contributed by atoms with van der Waals surface area (Å²) in [6, 6.07) is 1.27. The maximum atomic E-state index is 11.9. The molecule has 0 aliphatic carbocycles. The molecule has 1 aromatic rings. The van der Waals surface area contributed by atoms with E-state index in [0.29, 0.717) is 31.2 Å². The van der Waals surface area contributed by atoms with Gasteiger partial charge in [-0.15, -0.1) is 17.8 Å². The highest BCUT2D eigenvalue weighted by Crippen LogP contribution is 2.34. The first kappa shape index (κ1) is 16.3. The molecule has 0 bridgehead atoms. The summed E-state index contributed by atoms with van der Waals surface area (Å²) in [7, 11) is 0. The molecule has 1 aliphatic heterocycles. The lowest BCUT2D eigenvalue weighted by molar-refractivity contribution is -0.383. The molecule has 1 fully saturated rings. The molecule has 2 rings (SSSR count). The Balaban J connectivity index is 1.93. The molecule has 1 atom stereocenters. The van der Waals surface area contributed by atoms with Gasteiger partial charge in [-0.2, -0.15) is 0 Å². The van der Waals surface area contributed by atoms with E-state index >= 15 is 0 Å². The molecule has 22 heavy (non-hydrogen) atoms. The standard InChI is InChI=1S/C14H18N4O3S/c1-3-5-15-13(19)11(2)16-6-8-17(9-7-16)14-12(18(20)21)4-10-22-14/h1,4,10-11H,5-9H2,2H3,(H,15,19). The largest absolute Gasteiger partial charge is 0.355 e. The number of terminal acetylenes is 1. The maximum Gasteiger partial charge on any atom is 0.303 e. The van der Waals surface area contributed by atoms with Crippen LogP contribution >= 0.6 is 11.3 Å². The lowest BCUT2D eigenvalue weighted by Crippen LogP contribution is -2.54. The molecule has 0 spiro atoms. The molecule has 1 unspecified atom stereocenters. The Morgan fingerprint density at radius 1 is 1.55 bits per heavy atom. The second kappa shape index (κ2) is 7.24. The van der Waals surface area contributed by atoms with Gasteiger partial charge in [-0.25, -0.2) is 0 Å². The van der Waals surface area contributed by atoms with E-state index in [2.05, 4.69) is 16.1 Å². The zero-order valence-electron chi connectivity index (χ0n) is 12.3. The Kier molecular flexibility index (Phi) is 5.35. The lowest BCUT2D eigenvalue weighted by atomic mass is 10.2. The van der Waals surface area contributed by atoms with Gasteiger partial charge < -0.3 is 10.2 Å². The molecule has 1 saturated heterocycles. The molecule has 0 saturated carbocycles. The third-order valence-electron chi connectivity index (χ3n) is 3.71. The van der Waals surface area contributed by atoms with Crippen molar-refractivity contribution in [3.8, 4) is 12.3 Å². The van der Waals surface area contributed by atoms with Crippen LogP contribution in [-0.4, -0.2) is 54.5 Å². The van der Waals surface area contributed by atoms with E-state index in [-0.39, 0.29) is 29.1 Å². The third kappa shape index (κ3) is 3.55. The van der Waals surface area contributed by atoms with E-state index in [0.717, 1.165) is 0 Å². The van der Waals surface area contributed by atoms with Crippen molar-refractivity contribution in [2.24, 2.45) is 0 Å². The normalized spacial score (nSPS) is 16.8. The van der Waals surface area contributed by atoms with Crippen LogP contribution in [0.5, 0.6) is 0 Å². The zero-order chi connectivity index (χ0) is 16.1. The minimum Gasteiger partial charge on any atom is -0.355 e. The van der Waals surface area contributed by atoms with E-state index in [1.165, 1.54) is 17.4 Å². The summed E-state index contributed by atoms with van der Waals surface area (Å²) in [5, 5.41) is 16.1. The number of carbonyl (C=O) groups excluding carboxylic acids is 1. The Labute approximate surface area is 133 Å². The van der Waals surface area contributed by atoms with Gasteiger partial charge in [-0.05, 0) is 12.3 Å². The van der Waals surface area contributed by atoms with Crippen LogP contribution in [-0.2, 0) is 4.79 Å². The van der Waals surface area contributed by atoms with E-state index in [1.807, 2.05) is 11.8 Å². The van der Waals surface area contributed by atoms with Crippen molar-refractivity contribution < 1.29 is 9.72 Å². The predicted molar refractivity (Wildman–Crippen MR) is 86.1 cm³/mol. The molecule has 1 aliphatic rings. The summed E-state index contributed by atoms with van der Waals surface area (Å²) in [6.45, 7) is 4.75. The van der Waals surface area contributed by atoms with Crippen molar-refractivity contribution in [2.75, 3.05) is 37.6 Å². The molecule has 7 nitrogen and oxygen atoms in total. The third-order valence-corrected chi connectivity index (χ3v) is 4.68. The number of hydrogen-bond donors (Lipinski definition) is 1. The van der Waals surface area contributed by atoms with E-state index in [4.69, 9.17) is 6.42 Å². The molecule has 1 N–H and O–H groups in total. The van der Waals surface area contributed by atoms with E-state index in [9.17, 15) is 14.9 Å². The number of carbonyl (C=O) groups is 1. The van der Waals surface area contributed by atoms with E-state index in [1.54, 1.807) is 5.38 Å². The molecule has 1 amide bonds. The number of piperazine rings is 1. The highest BCUT2D eigenvalue weighted by atomic mass is 32.1. The average Bonchev–Trinajstić information content (AvgIpc) is 3.02. The molecular formula is C14H18N4O3S. The first-order valence-corrected chi connectivity index (χ1v) is 7.84. The average molecular weight is 322 g/mol. The van der Waals surface area contributed by atoms with Gasteiger partial charge in [-0.3, -0.25) is 19.8 Å². The molecule has 1 aromatic heterocycles. The number of nitrogens with zero attached hydrogens (tertiary/aromatic N) is 3. The molecule has 8 heteroatoms. The first-order valence-electron chi connectivity index (χ1n) is 6.96. The van der Waals surface area contributed by atoms with Crippen LogP contribution in [0.2, 0.25) is 0 Å². The van der Waals surface area contributed by atoms with Gasteiger partial charge in [0.25, 0.3) is 0 Å². The van der Waals surface area contributed by atoms with Crippen LogP contribution in [0, 0.1) is 22.5 Å². The fourth-order valence-corrected chi connectivity index (χ4v) is 3.35. The number of anilines is 1. The van der Waals surface area contributed by atoms with Gasteiger partial charge in [0.2, 0.25) is 5.91 Å². The van der Waals surface area contributed by atoms with Crippen molar-refractivity contribution >= 4 is 27.9 Å². The molecule has 0 radical (unpaired) electrons. The van der Waals surface area contributed by atoms with Gasteiger partial charge >= 0.3 is 5.69 Å². The van der Waals surface area contributed by atoms with Crippen molar-refractivity contribution in [3.05, 3.63) is 21.6 Å². The summed E-state index contributed by atoms with van der Waals surface area (Å²) < 4.78 is 0. The quantitative estimate of drug-likeness (QED) is 0.495. The SMILES string of the molecule is C#CCNC(=O)C(C)N1CCN(c2sccc2[N+](=O)[O-])CC1. The smallest absolute Gasteiger partial charge is 0.303 e. The molecular weight excluding hydrogens is 304 g/mol. The van der Waals surface area contributed by atoms with Crippen molar-refractivity contribution in [3.63, 3.8) is 0 Å². The second-order valence-corrected chi connectivity index (χ2v) is 5.88. The summed E-state index contributed by atoms with van der Waals surface area (Å²) in [4.78, 5) is 26.6. The Morgan fingerprint density at radius 3 is 2.82 bits per heavy atom. The highest BCUT2D eigenvalue weighted by Gasteiger charge is 2.28. The number of amides is 1. The summed E-state index contributed by atoms with van der Waals surface area (Å²) in [5.41, 5.74) is 0.151. The number of thiophene rings is 1. The Bertz CT molecular complexity index is 587. The van der Waals surface area contributed by atoms with Gasteiger partial charge in [0.1, 0.15) is 0 Å². The number of hydrogen-bond acceptors (Lipinski definition) is 6. The second-order valence-electron chi connectivity index (χ2n) is 4.99. The monoisotopic (exact) mass is 322 g/mol. The van der Waals surface area contributed by atoms with Gasteiger partial charge in [0, 0.05) is 32.2 Å². The number of nitrogens with one attached hydrogen (secondary N) is 1. The fraction of sp³-hybridized carbons (Fsp3) is 0.500. The zero-order valence-corrected chi connectivity index (χ0v) is 13.1. The lowest BCUT2D eigenvalue weighted by Gasteiger charge is -2.37. The number of rotatable bonds is 5. The minimum absolute atomic E-state index is 0.0893. The number of nitro groups is 1. The van der Waals surface area contributed by atoms with Crippen LogP contribution in [0.25, 0.3) is 0 Å². The summed E-state index contributed by atoms with van der Waals surface area (Å²) >= 11 is 1.38. The Hall–Kier alpha value is -2.11. The first-order chi connectivity index (χ1) is 10.5. The topological polar surface area (TPSA) is 78.7 Å². The van der Waals surface area contributed by atoms with E-state index < -0.39 is 0 Å².